The van der Waals surface area contributed by atoms with Crippen LogP contribution >= 0.6 is 0 Å². The molecule has 0 radical (unpaired) electrons. The van der Waals surface area contributed by atoms with Crippen LogP contribution in [0.15, 0.2) is 91.0 Å². The predicted molar refractivity (Wildman–Crippen MR) is 158 cm³/mol. The molecule has 1 aliphatic heterocycles. The Bertz CT molecular complexity index is 1580. The van der Waals surface area contributed by atoms with E-state index in [0.29, 0.717) is 37.4 Å². The van der Waals surface area contributed by atoms with Gasteiger partial charge in [0.05, 0.1) is 18.7 Å². The van der Waals surface area contributed by atoms with Gasteiger partial charge in [0.2, 0.25) is 0 Å². The highest BCUT2D eigenvalue weighted by Gasteiger charge is 2.37. The van der Waals surface area contributed by atoms with Gasteiger partial charge >= 0.3 is 11.9 Å². The van der Waals surface area contributed by atoms with E-state index in [1.165, 1.54) is 13.0 Å². The molecule has 9 nitrogen and oxygen atoms in total. The number of rotatable bonds is 7. The monoisotopic (exact) mass is 552 g/mol. The maximum absolute atomic E-state index is 13.8. The number of ether oxygens (including phenoxy) is 1. The van der Waals surface area contributed by atoms with Crippen molar-refractivity contribution in [1.29, 1.82) is 0 Å². The average molecular weight is 553 g/mol. The summed E-state index contributed by atoms with van der Waals surface area (Å²) >= 11 is 0. The smallest absolute Gasteiger partial charge is 0.365 e. The first kappa shape index (κ1) is 28.0. The lowest BCUT2D eigenvalue weighted by Gasteiger charge is -2.49. The molecule has 1 N–H and O–H groups in total. The van der Waals surface area contributed by atoms with Crippen LogP contribution in [-0.4, -0.2) is 60.3 Å². The van der Waals surface area contributed by atoms with E-state index in [1.807, 2.05) is 66.7 Å². The van der Waals surface area contributed by atoms with Crippen LogP contribution in [0.4, 0.5) is 11.4 Å². The summed E-state index contributed by atoms with van der Waals surface area (Å²) in [6, 6.07) is 27.3. The number of esters is 1. The number of nitrogens with zero attached hydrogens (tertiary/aromatic N) is 3. The molecule has 210 valence electrons. The minimum atomic E-state index is -1.11. The molecular weight excluding hydrogens is 520 g/mol. The molecule has 0 aromatic heterocycles. The van der Waals surface area contributed by atoms with Crippen LogP contribution in [0.5, 0.6) is 5.75 Å². The third kappa shape index (κ3) is 6.12. The summed E-state index contributed by atoms with van der Waals surface area (Å²) in [7, 11) is 0. The lowest BCUT2D eigenvalue weighted by molar-refractivity contribution is -0.920. The van der Waals surface area contributed by atoms with E-state index in [0.717, 1.165) is 16.5 Å². The molecule has 0 bridgehead atoms. The number of amides is 2. The maximum atomic E-state index is 13.8. The third-order valence-electron chi connectivity index (χ3n) is 7.30. The molecule has 0 aliphatic carbocycles. The Morgan fingerprint density at radius 3 is 2.22 bits per heavy atom. The van der Waals surface area contributed by atoms with Gasteiger partial charge in [-0.1, -0.05) is 36.4 Å². The van der Waals surface area contributed by atoms with E-state index in [1.54, 1.807) is 30.1 Å². The summed E-state index contributed by atoms with van der Waals surface area (Å²) < 4.78 is 3.97. The third-order valence-corrected chi connectivity index (χ3v) is 7.30. The van der Waals surface area contributed by atoms with Gasteiger partial charge < -0.3 is 20.2 Å². The topological polar surface area (TPSA) is 102 Å². The summed E-state index contributed by atoms with van der Waals surface area (Å²) in [5.74, 6) is -1.04. The molecule has 0 spiro atoms. The van der Waals surface area contributed by atoms with E-state index in [9.17, 15) is 19.6 Å². The molecule has 1 atom stereocenters. The first-order valence-corrected chi connectivity index (χ1v) is 13.6. The normalized spacial score (nSPS) is 15.2. The highest BCUT2D eigenvalue weighted by Crippen LogP contribution is 2.25. The zero-order valence-corrected chi connectivity index (χ0v) is 23.1. The van der Waals surface area contributed by atoms with Gasteiger partial charge in [-0.25, -0.2) is 9.55 Å². The molecule has 1 aliphatic rings. The van der Waals surface area contributed by atoms with Gasteiger partial charge in [-0.3, -0.25) is 9.59 Å². The van der Waals surface area contributed by atoms with Crippen molar-refractivity contribution in [2.75, 3.05) is 42.9 Å². The highest BCUT2D eigenvalue weighted by molar-refractivity contribution is 6.06. The summed E-state index contributed by atoms with van der Waals surface area (Å²) in [5, 5.41) is 20.5. The predicted octanol–water partition coefficient (Wildman–Crippen LogP) is 5.23. The van der Waals surface area contributed by atoms with Gasteiger partial charge in [-0.2, -0.15) is 0 Å². The number of hydroxylamine groups is 2. The number of piperazine rings is 1. The van der Waals surface area contributed by atoms with Gasteiger partial charge in [0.15, 0.2) is 0 Å². The standard InChI is InChI=1S/C32H32N4O5/c1-3-36(40,32(39)27-9-6-10-30(22-27)41-23(2)37)35-19-17-34(18-20-35)29-15-13-28(14-16-29)33-31(38)26-12-11-24-7-4-5-8-25(24)21-26/h4-16,21-22H,3,17-20H2,1-2H3,(H,33,38). The Hall–Kier alpha value is -4.57. The van der Waals surface area contributed by atoms with Crippen LogP contribution in [0.2, 0.25) is 0 Å². The van der Waals surface area contributed by atoms with E-state index in [4.69, 9.17) is 4.74 Å². The Balaban J connectivity index is 1.20. The number of nitrogens with one attached hydrogen (secondary N) is 1. The summed E-state index contributed by atoms with van der Waals surface area (Å²) in [4.78, 5) is 39.6. The van der Waals surface area contributed by atoms with Crippen LogP contribution in [-0.2, 0) is 4.79 Å². The summed E-state index contributed by atoms with van der Waals surface area (Å²) in [6.07, 6.45) is 0. The molecule has 0 saturated carbocycles. The molecule has 1 unspecified atom stereocenters. The summed E-state index contributed by atoms with van der Waals surface area (Å²) in [5.41, 5.74) is 2.44. The van der Waals surface area contributed by atoms with Crippen LogP contribution < -0.4 is 15.0 Å². The zero-order chi connectivity index (χ0) is 29.0. The second-order valence-corrected chi connectivity index (χ2v) is 9.95. The number of quaternary nitrogens is 1. The lowest BCUT2D eigenvalue weighted by atomic mass is 10.1. The van der Waals surface area contributed by atoms with Crippen molar-refractivity contribution in [3.05, 3.63) is 107 Å². The Labute approximate surface area is 238 Å². The zero-order valence-electron chi connectivity index (χ0n) is 23.1. The Kier molecular flexibility index (Phi) is 8.11. The van der Waals surface area contributed by atoms with Crippen molar-refractivity contribution < 1.29 is 23.9 Å². The first-order chi connectivity index (χ1) is 19.8. The number of anilines is 2. The number of carbonyl (C=O) groups is 3. The fourth-order valence-electron chi connectivity index (χ4n) is 5.10. The Morgan fingerprint density at radius 1 is 0.829 bits per heavy atom. The lowest BCUT2D eigenvalue weighted by Crippen LogP contribution is -2.64. The molecule has 4 aromatic carbocycles. The number of hydrogen-bond donors (Lipinski definition) is 1. The van der Waals surface area contributed by atoms with Crippen LogP contribution in [0.1, 0.15) is 34.6 Å². The number of hydrogen-bond acceptors (Lipinski definition) is 7. The van der Waals surface area contributed by atoms with Crippen LogP contribution in [0.3, 0.4) is 0 Å². The highest BCUT2D eigenvalue weighted by atomic mass is 16.6. The van der Waals surface area contributed by atoms with E-state index >= 15 is 0 Å². The number of benzene rings is 4. The molecule has 4 aromatic rings. The maximum Gasteiger partial charge on any atom is 0.365 e. The van der Waals surface area contributed by atoms with Crippen molar-refractivity contribution >= 4 is 39.9 Å². The molecule has 41 heavy (non-hydrogen) atoms. The molecule has 2 amide bonds. The second kappa shape index (κ2) is 11.9. The first-order valence-electron chi connectivity index (χ1n) is 13.6. The largest absolute Gasteiger partial charge is 0.604 e. The van der Waals surface area contributed by atoms with Crippen molar-refractivity contribution in [1.82, 2.24) is 5.01 Å². The SMILES string of the molecule is CC[N+]([O-])(C(=O)c1cccc(OC(C)=O)c1)N1CCN(c2ccc(NC(=O)c3ccc4ccccc4c3)cc2)CC1. The van der Waals surface area contributed by atoms with Crippen molar-refractivity contribution in [2.24, 2.45) is 0 Å². The van der Waals surface area contributed by atoms with Crippen molar-refractivity contribution in [3.8, 4) is 5.75 Å². The number of carbonyl (C=O) groups excluding carboxylic acids is 3. The van der Waals surface area contributed by atoms with Gasteiger partial charge in [0.25, 0.3) is 5.91 Å². The van der Waals surface area contributed by atoms with Gasteiger partial charge in [-0.05, 0) is 72.3 Å². The van der Waals surface area contributed by atoms with E-state index in [-0.39, 0.29) is 23.8 Å². The molecule has 1 saturated heterocycles. The van der Waals surface area contributed by atoms with Crippen molar-refractivity contribution in [3.63, 3.8) is 0 Å². The second-order valence-electron chi connectivity index (χ2n) is 9.95. The molecule has 1 fully saturated rings. The van der Waals surface area contributed by atoms with Gasteiger partial charge in [0.1, 0.15) is 12.3 Å². The van der Waals surface area contributed by atoms with Crippen LogP contribution in [0, 0.1) is 5.21 Å². The van der Waals surface area contributed by atoms with Crippen molar-refractivity contribution in [2.45, 2.75) is 13.8 Å². The molecule has 1 heterocycles. The minimum Gasteiger partial charge on any atom is -0.604 e. The van der Waals surface area contributed by atoms with E-state index < -0.39 is 16.6 Å². The van der Waals surface area contributed by atoms with Gasteiger partial charge in [-0.15, -0.1) is 5.01 Å². The fraction of sp³-hybridized carbons (Fsp3) is 0.219. The Morgan fingerprint density at radius 2 is 1.54 bits per heavy atom. The van der Waals surface area contributed by atoms with E-state index in [2.05, 4.69) is 10.2 Å². The molecule has 5 rings (SSSR count). The fourth-order valence-corrected chi connectivity index (χ4v) is 5.10. The van der Waals surface area contributed by atoms with Crippen LogP contribution in [0.25, 0.3) is 10.8 Å². The number of fused-ring (bicyclic) bond motifs is 1. The quantitative estimate of drug-likeness (QED) is 0.145. The minimum absolute atomic E-state index is 0.0439. The molecule has 9 heteroatoms. The van der Waals surface area contributed by atoms with Gasteiger partial charge in [0, 0.05) is 37.0 Å². The molecular formula is C32H32N4O5. The summed E-state index contributed by atoms with van der Waals surface area (Å²) in [6.45, 7) is 4.93. The average Bonchev–Trinajstić information content (AvgIpc) is 3.00.